The Bertz CT molecular complexity index is 1170. The van der Waals surface area contributed by atoms with Crippen molar-refractivity contribution in [2.45, 2.75) is 46.8 Å². The van der Waals surface area contributed by atoms with Crippen LogP contribution in [0.1, 0.15) is 31.2 Å². The molecule has 5 nitrogen and oxygen atoms in total. The predicted octanol–water partition coefficient (Wildman–Crippen LogP) is 5.58. The molecule has 0 radical (unpaired) electrons. The van der Waals surface area contributed by atoms with Crippen molar-refractivity contribution >= 4 is 33.4 Å². The molecule has 1 aliphatic rings. The number of nitrogens with zero attached hydrogens (tertiary/aromatic N) is 1. The Balaban J connectivity index is 1.34. The zero-order valence-corrected chi connectivity index (χ0v) is 20.1. The molecule has 1 amide bonds. The van der Waals surface area contributed by atoms with Gasteiger partial charge in [-0.1, -0.05) is 60.6 Å². The summed E-state index contributed by atoms with van der Waals surface area (Å²) in [6.07, 6.45) is 3.79. The van der Waals surface area contributed by atoms with E-state index in [-0.39, 0.29) is 5.91 Å². The number of para-hydroxylation sites is 1. The van der Waals surface area contributed by atoms with E-state index in [4.69, 9.17) is 0 Å². The Labute approximate surface area is 200 Å². The molecule has 0 aromatic heterocycles. The fourth-order valence-corrected chi connectivity index (χ4v) is 6.27. The van der Waals surface area contributed by atoms with Crippen molar-refractivity contribution in [1.82, 2.24) is 4.31 Å². The van der Waals surface area contributed by atoms with Crippen LogP contribution in [0.25, 0.3) is 0 Å². The highest BCUT2D eigenvalue weighted by Crippen LogP contribution is 2.33. The summed E-state index contributed by atoms with van der Waals surface area (Å²) >= 11 is 1.61. The van der Waals surface area contributed by atoms with Crippen molar-refractivity contribution in [3.05, 3.63) is 84.4 Å². The number of carbonyl (C=O) groups is 1. The summed E-state index contributed by atoms with van der Waals surface area (Å²) < 4.78 is 27.2. The number of nitrogens with one attached hydrogen (secondary N) is 1. The van der Waals surface area contributed by atoms with Crippen LogP contribution in [0.15, 0.2) is 93.5 Å². The summed E-state index contributed by atoms with van der Waals surface area (Å²) in [4.78, 5) is 15.0. The Morgan fingerprint density at radius 3 is 2.24 bits per heavy atom. The van der Waals surface area contributed by atoms with Crippen molar-refractivity contribution in [3.8, 4) is 0 Å². The molecule has 0 saturated carbocycles. The average molecular weight is 481 g/mol. The number of carbonyl (C=O) groups excluding carboxylic acids is 1. The van der Waals surface area contributed by atoms with E-state index in [1.165, 1.54) is 0 Å². The Morgan fingerprint density at radius 1 is 0.848 bits per heavy atom. The molecular formula is C26H28N2O3S2. The van der Waals surface area contributed by atoms with E-state index in [0.717, 1.165) is 40.3 Å². The summed E-state index contributed by atoms with van der Waals surface area (Å²) in [6.45, 7) is 1.18. The fraction of sp³-hybridized carbons (Fsp3) is 0.269. The summed E-state index contributed by atoms with van der Waals surface area (Å²) in [7, 11) is -3.43. The van der Waals surface area contributed by atoms with Gasteiger partial charge in [0.2, 0.25) is 15.9 Å². The molecule has 7 heteroatoms. The number of sulfonamides is 1. The van der Waals surface area contributed by atoms with Gasteiger partial charge in [-0.05, 0) is 61.2 Å². The lowest BCUT2D eigenvalue weighted by Gasteiger charge is -2.25. The first-order valence-corrected chi connectivity index (χ1v) is 13.5. The lowest BCUT2D eigenvalue weighted by Crippen LogP contribution is -2.35. The van der Waals surface area contributed by atoms with Crippen LogP contribution < -0.4 is 5.32 Å². The standard InChI is InChI=1S/C26H28N2O3S2/c29-26(27-24-11-5-6-12-25(24)32-22-9-3-1-4-10-22)18-15-21-13-16-23(17-14-21)33(30,31)28-19-7-2-8-20-28/h1,3-6,9-14,16-17H,2,7-8,15,18-20H2,(H,27,29). The topological polar surface area (TPSA) is 66.5 Å². The number of hydrogen-bond donors (Lipinski definition) is 1. The number of aryl methyl sites for hydroxylation is 1. The molecular weight excluding hydrogens is 452 g/mol. The van der Waals surface area contributed by atoms with Crippen molar-refractivity contribution in [2.24, 2.45) is 0 Å². The van der Waals surface area contributed by atoms with Gasteiger partial charge in [-0.3, -0.25) is 4.79 Å². The van der Waals surface area contributed by atoms with Gasteiger partial charge >= 0.3 is 0 Å². The maximum absolute atomic E-state index is 12.8. The van der Waals surface area contributed by atoms with E-state index < -0.39 is 10.0 Å². The molecule has 3 aromatic carbocycles. The molecule has 3 aromatic rings. The molecule has 0 spiro atoms. The van der Waals surface area contributed by atoms with E-state index in [9.17, 15) is 13.2 Å². The largest absolute Gasteiger partial charge is 0.325 e. The van der Waals surface area contributed by atoms with Gasteiger partial charge in [-0.15, -0.1) is 0 Å². The number of benzene rings is 3. The molecule has 33 heavy (non-hydrogen) atoms. The van der Waals surface area contributed by atoms with Crippen LogP contribution in [0.2, 0.25) is 0 Å². The van der Waals surface area contributed by atoms with Crippen LogP contribution in [0.4, 0.5) is 5.69 Å². The number of hydrogen-bond acceptors (Lipinski definition) is 4. The molecule has 1 N–H and O–H groups in total. The Morgan fingerprint density at radius 2 is 1.52 bits per heavy atom. The maximum atomic E-state index is 12.8. The Kier molecular flexibility index (Phi) is 7.85. The van der Waals surface area contributed by atoms with Crippen LogP contribution in [0.5, 0.6) is 0 Å². The van der Waals surface area contributed by atoms with Gasteiger partial charge in [0.25, 0.3) is 0 Å². The third-order valence-corrected chi connectivity index (χ3v) is 8.65. The third kappa shape index (κ3) is 6.25. The number of anilines is 1. The third-order valence-electron chi connectivity index (χ3n) is 5.65. The molecule has 0 unspecified atom stereocenters. The second-order valence-corrected chi connectivity index (χ2v) is 11.1. The lowest BCUT2D eigenvalue weighted by molar-refractivity contribution is -0.116. The zero-order chi connectivity index (χ0) is 23.1. The van der Waals surface area contributed by atoms with Crippen molar-refractivity contribution in [2.75, 3.05) is 18.4 Å². The molecule has 0 aliphatic carbocycles. The van der Waals surface area contributed by atoms with E-state index >= 15 is 0 Å². The number of piperidine rings is 1. The monoisotopic (exact) mass is 480 g/mol. The van der Waals surface area contributed by atoms with Gasteiger partial charge in [0.1, 0.15) is 0 Å². The fourth-order valence-electron chi connectivity index (χ4n) is 3.83. The summed E-state index contributed by atoms with van der Waals surface area (Å²) in [6, 6.07) is 24.7. The smallest absolute Gasteiger partial charge is 0.243 e. The van der Waals surface area contributed by atoms with Crippen LogP contribution in [-0.2, 0) is 21.2 Å². The van der Waals surface area contributed by atoms with Gasteiger partial charge < -0.3 is 5.32 Å². The molecule has 1 fully saturated rings. The predicted molar refractivity (Wildman–Crippen MR) is 133 cm³/mol. The second kappa shape index (κ2) is 11.0. The quantitative estimate of drug-likeness (QED) is 0.457. The molecule has 0 atom stereocenters. The first kappa shape index (κ1) is 23.5. The van der Waals surface area contributed by atoms with Gasteiger partial charge in [-0.2, -0.15) is 4.31 Å². The maximum Gasteiger partial charge on any atom is 0.243 e. The normalized spacial score (nSPS) is 14.7. The minimum Gasteiger partial charge on any atom is -0.325 e. The SMILES string of the molecule is O=C(CCc1ccc(S(=O)(=O)N2CCCCC2)cc1)Nc1ccccc1Sc1ccccc1. The molecule has 1 aliphatic heterocycles. The van der Waals surface area contributed by atoms with E-state index in [0.29, 0.717) is 30.8 Å². The molecule has 1 saturated heterocycles. The minimum atomic E-state index is -3.43. The van der Waals surface area contributed by atoms with Gasteiger partial charge in [0, 0.05) is 29.3 Å². The highest BCUT2D eigenvalue weighted by atomic mass is 32.2. The first-order valence-electron chi connectivity index (χ1n) is 11.2. The van der Waals surface area contributed by atoms with E-state index in [1.54, 1.807) is 28.2 Å². The number of amides is 1. The molecule has 1 heterocycles. The highest BCUT2D eigenvalue weighted by Gasteiger charge is 2.25. The zero-order valence-electron chi connectivity index (χ0n) is 18.4. The van der Waals surface area contributed by atoms with Gasteiger partial charge in [0.05, 0.1) is 10.6 Å². The van der Waals surface area contributed by atoms with E-state index in [2.05, 4.69) is 5.32 Å². The van der Waals surface area contributed by atoms with Gasteiger partial charge in [0.15, 0.2) is 0 Å². The molecule has 4 rings (SSSR count). The Hall–Kier alpha value is -2.61. The van der Waals surface area contributed by atoms with Crippen LogP contribution in [0.3, 0.4) is 0 Å². The molecule has 0 bridgehead atoms. The minimum absolute atomic E-state index is 0.0684. The van der Waals surface area contributed by atoms with Gasteiger partial charge in [-0.25, -0.2) is 8.42 Å². The van der Waals surface area contributed by atoms with Crippen LogP contribution in [0, 0.1) is 0 Å². The van der Waals surface area contributed by atoms with E-state index in [1.807, 2.05) is 66.7 Å². The van der Waals surface area contributed by atoms with Crippen molar-refractivity contribution in [1.29, 1.82) is 0 Å². The first-order chi connectivity index (χ1) is 16.0. The number of rotatable bonds is 8. The van der Waals surface area contributed by atoms with Crippen LogP contribution >= 0.6 is 11.8 Å². The summed E-state index contributed by atoms with van der Waals surface area (Å²) in [5.41, 5.74) is 1.73. The highest BCUT2D eigenvalue weighted by molar-refractivity contribution is 7.99. The van der Waals surface area contributed by atoms with Crippen molar-refractivity contribution < 1.29 is 13.2 Å². The van der Waals surface area contributed by atoms with Crippen molar-refractivity contribution in [3.63, 3.8) is 0 Å². The summed E-state index contributed by atoms with van der Waals surface area (Å²) in [5, 5.41) is 3.02. The molecule has 172 valence electrons. The second-order valence-electron chi connectivity index (χ2n) is 8.07. The lowest BCUT2D eigenvalue weighted by atomic mass is 10.1. The van der Waals surface area contributed by atoms with Crippen LogP contribution in [-0.4, -0.2) is 31.7 Å². The average Bonchev–Trinajstić information content (AvgIpc) is 2.85. The summed E-state index contributed by atoms with van der Waals surface area (Å²) in [5.74, 6) is -0.0684.